The molecule has 2 aliphatic rings. The number of phosphoric ester groups is 1. The molecule has 1 aromatic carbocycles. The molecule has 0 saturated heterocycles. The maximum absolute atomic E-state index is 12.0. The standard InChI is InChI=1S/C13H11O6P/c1-3-6-7(4-2)13(14)16-8-5-9-11-12(10(6)8)19-20(15,17-9)18-11/h5H,3-4H2,1-2H3. The van der Waals surface area contributed by atoms with Gasteiger partial charge in [0.25, 0.3) is 0 Å². The van der Waals surface area contributed by atoms with Crippen LogP contribution in [0.1, 0.15) is 25.0 Å². The van der Waals surface area contributed by atoms with Crippen LogP contribution in [0.25, 0.3) is 11.0 Å². The summed E-state index contributed by atoms with van der Waals surface area (Å²) in [6.07, 6.45) is 1.21. The highest BCUT2D eigenvalue weighted by molar-refractivity contribution is 7.50. The van der Waals surface area contributed by atoms with Crippen LogP contribution in [0.3, 0.4) is 0 Å². The van der Waals surface area contributed by atoms with Gasteiger partial charge in [0, 0.05) is 11.6 Å². The molecule has 1 aromatic heterocycles. The lowest BCUT2D eigenvalue weighted by Crippen LogP contribution is -2.11. The molecule has 2 bridgehead atoms. The Morgan fingerprint density at radius 1 is 1.05 bits per heavy atom. The van der Waals surface area contributed by atoms with Crippen LogP contribution in [-0.2, 0) is 17.4 Å². The van der Waals surface area contributed by atoms with Crippen LogP contribution >= 0.6 is 7.82 Å². The van der Waals surface area contributed by atoms with Gasteiger partial charge in [-0.1, -0.05) is 13.8 Å². The van der Waals surface area contributed by atoms with Gasteiger partial charge in [-0.15, -0.1) is 0 Å². The zero-order valence-electron chi connectivity index (χ0n) is 10.9. The Labute approximate surface area is 113 Å². The molecule has 1 atom stereocenters. The first-order valence-corrected chi connectivity index (χ1v) is 7.86. The molecular weight excluding hydrogens is 283 g/mol. The third kappa shape index (κ3) is 1.29. The minimum atomic E-state index is -3.54. The molecule has 0 fully saturated rings. The molecule has 2 aromatic rings. The Balaban J connectivity index is 2.19. The molecule has 2 aliphatic heterocycles. The number of hydrogen-bond acceptors (Lipinski definition) is 6. The van der Waals surface area contributed by atoms with Crippen molar-refractivity contribution >= 4 is 18.8 Å². The molecule has 20 heavy (non-hydrogen) atoms. The average Bonchev–Trinajstić information content (AvgIpc) is 2.90. The van der Waals surface area contributed by atoms with Crippen molar-refractivity contribution in [3.05, 3.63) is 27.6 Å². The van der Waals surface area contributed by atoms with Gasteiger partial charge in [-0.05, 0) is 18.4 Å². The van der Waals surface area contributed by atoms with Crippen molar-refractivity contribution < 1.29 is 22.6 Å². The van der Waals surface area contributed by atoms with E-state index in [1.807, 2.05) is 13.8 Å². The molecule has 0 aliphatic carbocycles. The molecule has 0 amide bonds. The fraction of sp³-hybridized carbons (Fsp3) is 0.308. The van der Waals surface area contributed by atoms with Crippen molar-refractivity contribution in [3.63, 3.8) is 0 Å². The minimum Gasteiger partial charge on any atom is -0.422 e. The van der Waals surface area contributed by atoms with Gasteiger partial charge in [-0.25, -0.2) is 4.79 Å². The van der Waals surface area contributed by atoms with E-state index in [1.54, 1.807) is 0 Å². The molecule has 3 heterocycles. The molecular formula is C13H11O6P. The topological polar surface area (TPSA) is 75.0 Å². The monoisotopic (exact) mass is 294 g/mol. The molecule has 6 nitrogen and oxygen atoms in total. The maximum atomic E-state index is 12.0. The Morgan fingerprint density at radius 3 is 2.40 bits per heavy atom. The molecule has 104 valence electrons. The number of benzene rings is 1. The van der Waals surface area contributed by atoms with Crippen molar-refractivity contribution in [2.75, 3.05) is 0 Å². The zero-order chi connectivity index (χ0) is 14.1. The van der Waals surface area contributed by atoms with Crippen LogP contribution in [0.15, 0.2) is 15.3 Å². The van der Waals surface area contributed by atoms with Gasteiger partial charge < -0.3 is 18.0 Å². The number of fused-ring (bicyclic) bond motifs is 3. The van der Waals surface area contributed by atoms with Crippen molar-refractivity contribution in [2.24, 2.45) is 0 Å². The Bertz CT molecular complexity index is 866. The van der Waals surface area contributed by atoms with Crippen LogP contribution in [0.4, 0.5) is 0 Å². The van der Waals surface area contributed by atoms with Crippen LogP contribution in [-0.4, -0.2) is 0 Å². The first-order chi connectivity index (χ1) is 9.56. The smallest absolute Gasteiger partial charge is 0.422 e. The lowest BCUT2D eigenvalue weighted by atomic mass is 9.99. The summed E-state index contributed by atoms with van der Waals surface area (Å²) < 4.78 is 33.0. The van der Waals surface area contributed by atoms with Crippen LogP contribution in [0.5, 0.6) is 17.2 Å². The van der Waals surface area contributed by atoms with E-state index in [-0.39, 0.29) is 5.63 Å². The molecule has 7 heteroatoms. The van der Waals surface area contributed by atoms with Crippen molar-refractivity contribution in [1.29, 1.82) is 0 Å². The molecule has 0 spiro atoms. The van der Waals surface area contributed by atoms with E-state index in [1.165, 1.54) is 6.07 Å². The summed E-state index contributed by atoms with van der Waals surface area (Å²) in [5, 5.41) is 0.656. The van der Waals surface area contributed by atoms with Gasteiger partial charge in [0.15, 0.2) is 11.5 Å². The van der Waals surface area contributed by atoms with E-state index in [2.05, 4.69) is 0 Å². The van der Waals surface area contributed by atoms with Gasteiger partial charge in [0.1, 0.15) is 5.58 Å². The lowest BCUT2D eigenvalue weighted by molar-refractivity contribution is 0.355. The van der Waals surface area contributed by atoms with E-state index in [4.69, 9.17) is 18.0 Å². The third-order valence-electron chi connectivity index (χ3n) is 3.60. The predicted molar refractivity (Wildman–Crippen MR) is 70.7 cm³/mol. The zero-order valence-corrected chi connectivity index (χ0v) is 11.8. The Kier molecular flexibility index (Phi) is 2.12. The average molecular weight is 294 g/mol. The van der Waals surface area contributed by atoms with E-state index < -0.39 is 7.82 Å². The second-order valence-corrected chi connectivity index (χ2v) is 6.12. The highest BCUT2D eigenvalue weighted by Crippen LogP contribution is 2.70. The predicted octanol–water partition coefficient (Wildman–Crippen LogP) is 3.19. The molecule has 0 N–H and O–H groups in total. The number of aryl methyl sites for hydroxylation is 1. The van der Waals surface area contributed by atoms with Crippen LogP contribution < -0.4 is 19.2 Å². The second kappa shape index (κ2) is 3.58. The Morgan fingerprint density at radius 2 is 1.75 bits per heavy atom. The van der Waals surface area contributed by atoms with E-state index in [0.717, 1.165) is 5.56 Å². The van der Waals surface area contributed by atoms with E-state index in [0.29, 0.717) is 46.6 Å². The normalized spacial score (nSPS) is 21.7. The minimum absolute atomic E-state index is 0.302. The Hall–Kier alpha value is -1.94. The first kappa shape index (κ1) is 11.9. The number of rotatable bonds is 2. The summed E-state index contributed by atoms with van der Waals surface area (Å²) >= 11 is 0. The van der Waals surface area contributed by atoms with Gasteiger partial charge in [0.2, 0.25) is 5.75 Å². The first-order valence-electron chi connectivity index (χ1n) is 6.40. The van der Waals surface area contributed by atoms with E-state index >= 15 is 0 Å². The van der Waals surface area contributed by atoms with Crippen LogP contribution in [0, 0.1) is 0 Å². The van der Waals surface area contributed by atoms with Crippen LogP contribution in [0.2, 0.25) is 0 Å². The molecule has 0 radical (unpaired) electrons. The van der Waals surface area contributed by atoms with Gasteiger partial charge >= 0.3 is 13.4 Å². The maximum Gasteiger partial charge on any atom is 0.647 e. The van der Waals surface area contributed by atoms with Crippen molar-refractivity contribution in [3.8, 4) is 17.2 Å². The molecule has 0 saturated carbocycles. The largest absolute Gasteiger partial charge is 0.647 e. The summed E-state index contributed by atoms with van der Waals surface area (Å²) in [5.41, 5.74) is 1.47. The quantitative estimate of drug-likeness (QED) is 0.625. The van der Waals surface area contributed by atoms with E-state index in [9.17, 15) is 9.36 Å². The highest BCUT2D eigenvalue weighted by atomic mass is 31.2. The molecule has 1 unspecified atom stereocenters. The van der Waals surface area contributed by atoms with Gasteiger partial charge in [-0.3, -0.25) is 0 Å². The lowest BCUT2D eigenvalue weighted by Gasteiger charge is -2.14. The fourth-order valence-electron chi connectivity index (χ4n) is 2.79. The summed E-state index contributed by atoms with van der Waals surface area (Å²) in [6.45, 7) is 3.84. The number of phosphoric acid groups is 1. The SMILES string of the molecule is CCc1c(CC)c2c3c4c(cc2oc1=O)OP(=O)(O4)O3. The summed E-state index contributed by atoms with van der Waals surface area (Å²) in [7, 11) is -3.54. The third-order valence-corrected chi connectivity index (χ3v) is 4.84. The molecule has 4 rings (SSSR count). The summed E-state index contributed by atoms with van der Waals surface area (Å²) in [4.78, 5) is 12.0. The van der Waals surface area contributed by atoms with Gasteiger partial charge in [-0.2, -0.15) is 4.57 Å². The summed E-state index contributed by atoms with van der Waals surface area (Å²) in [5.74, 6) is 1.00. The van der Waals surface area contributed by atoms with Gasteiger partial charge in [0.05, 0.1) is 5.39 Å². The van der Waals surface area contributed by atoms with Crippen molar-refractivity contribution in [2.45, 2.75) is 26.7 Å². The highest BCUT2D eigenvalue weighted by Gasteiger charge is 2.51. The number of hydrogen-bond donors (Lipinski definition) is 0. The van der Waals surface area contributed by atoms with Crippen molar-refractivity contribution in [1.82, 2.24) is 0 Å². The fourth-order valence-corrected chi connectivity index (χ4v) is 4.07. The second-order valence-electron chi connectivity index (χ2n) is 4.68. The summed E-state index contributed by atoms with van der Waals surface area (Å²) in [6, 6.07) is 1.54.